The van der Waals surface area contributed by atoms with E-state index in [1.54, 1.807) is 30.3 Å². The van der Waals surface area contributed by atoms with Gasteiger partial charge in [0.2, 0.25) is 5.95 Å². The summed E-state index contributed by atoms with van der Waals surface area (Å²) in [5.41, 5.74) is 3.73. The van der Waals surface area contributed by atoms with Crippen molar-refractivity contribution in [3.8, 4) is 0 Å². The SMILES string of the molecule is O=C(NC1=C(c2ccc(F)nc2)N(F)NC1)c1ccccc1. The zero-order valence-electron chi connectivity index (χ0n) is 11.4. The van der Waals surface area contributed by atoms with E-state index in [1.165, 1.54) is 12.3 Å². The number of pyridine rings is 1. The lowest BCUT2D eigenvalue weighted by Crippen LogP contribution is -2.26. The van der Waals surface area contributed by atoms with Crippen LogP contribution in [0, 0.1) is 5.95 Å². The van der Waals surface area contributed by atoms with Crippen LogP contribution < -0.4 is 10.7 Å². The Hall–Kier alpha value is -2.80. The van der Waals surface area contributed by atoms with Crippen molar-refractivity contribution in [1.82, 2.24) is 21.0 Å². The fourth-order valence-electron chi connectivity index (χ4n) is 2.14. The number of nitrogens with one attached hydrogen (secondary N) is 2. The third-order valence-corrected chi connectivity index (χ3v) is 3.18. The van der Waals surface area contributed by atoms with Crippen molar-refractivity contribution >= 4 is 11.6 Å². The smallest absolute Gasteiger partial charge is 0.255 e. The summed E-state index contributed by atoms with van der Waals surface area (Å²) in [6.07, 6.45) is 1.21. The summed E-state index contributed by atoms with van der Waals surface area (Å²) < 4.78 is 26.7. The molecule has 5 nitrogen and oxygen atoms in total. The van der Waals surface area contributed by atoms with E-state index in [1.807, 2.05) is 0 Å². The van der Waals surface area contributed by atoms with Crippen molar-refractivity contribution in [2.75, 3.05) is 6.54 Å². The first-order chi connectivity index (χ1) is 10.6. The molecule has 3 rings (SSSR count). The highest BCUT2D eigenvalue weighted by atomic mass is 19.2. The van der Waals surface area contributed by atoms with Gasteiger partial charge in [0.05, 0.1) is 12.2 Å². The predicted octanol–water partition coefficient (Wildman–Crippen LogP) is 2.02. The maximum atomic E-state index is 13.9. The Bertz CT molecular complexity index is 716. The lowest BCUT2D eigenvalue weighted by molar-refractivity contribution is 0.0584. The molecule has 2 N–H and O–H groups in total. The van der Waals surface area contributed by atoms with Crippen molar-refractivity contribution in [3.63, 3.8) is 0 Å². The number of rotatable bonds is 3. The Labute approximate surface area is 125 Å². The highest BCUT2D eigenvalue weighted by molar-refractivity contribution is 5.96. The summed E-state index contributed by atoms with van der Waals surface area (Å²) in [4.78, 5) is 15.6. The summed E-state index contributed by atoms with van der Waals surface area (Å²) in [7, 11) is 0. The van der Waals surface area contributed by atoms with Gasteiger partial charge in [-0.2, -0.15) is 9.82 Å². The van der Waals surface area contributed by atoms with Crippen molar-refractivity contribution in [2.24, 2.45) is 0 Å². The minimum Gasteiger partial charge on any atom is -0.322 e. The van der Waals surface area contributed by atoms with Crippen LogP contribution >= 0.6 is 0 Å². The van der Waals surface area contributed by atoms with E-state index in [0.29, 0.717) is 16.8 Å². The molecule has 1 aliphatic rings. The van der Waals surface area contributed by atoms with Crippen LogP contribution in [0.25, 0.3) is 5.70 Å². The molecule has 1 aromatic carbocycles. The van der Waals surface area contributed by atoms with E-state index in [2.05, 4.69) is 15.7 Å². The molecule has 0 saturated heterocycles. The van der Waals surface area contributed by atoms with Crippen LogP contribution in [0.4, 0.5) is 8.87 Å². The molecule has 2 aromatic rings. The zero-order valence-corrected chi connectivity index (χ0v) is 11.4. The molecule has 1 aromatic heterocycles. The largest absolute Gasteiger partial charge is 0.322 e. The number of halogens is 2. The molecule has 0 saturated carbocycles. The number of carbonyl (C=O) groups excluding carboxylic acids is 1. The lowest BCUT2D eigenvalue weighted by atomic mass is 10.1. The normalized spacial score (nSPS) is 14.4. The van der Waals surface area contributed by atoms with Gasteiger partial charge in [-0.25, -0.2) is 4.98 Å². The van der Waals surface area contributed by atoms with E-state index in [9.17, 15) is 13.7 Å². The Morgan fingerprint density at radius 2 is 2.00 bits per heavy atom. The van der Waals surface area contributed by atoms with Gasteiger partial charge in [-0.05, 0) is 24.3 Å². The Morgan fingerprint density at radius 3 is 2.68 bits per heavy atom. The summed E-state index contributed by atoms with van der Waals surface area (Å²) in [6.45, 7) is 0.113. The van der Waals surface area contributed by atoms with Crippen molar-refractivity contribution in [1.29, 1.82) is 0 Å². The lowest BCUT2D eigenvalue weighted by Gasteiger charge is -2.11. The van der Waals surface area contributed by atoms with Gasteiger partial charge in [-0.3, -0.25) is 4.79 Å². The average Bonchev–Trinajstić information content (AvgIpc) is 2.90. The molecule has 1 amide bonds. The molecule has 2 heterocycles. The van der Waals surface area contributed by atoms with E-state index in [0.717, 1.165) is 6.07 Å². The molecule has 0 aliphatic carbocycles. The summed E-state index contributed by atoms with van der Waals surface area (Å²) in [5.74, 6) is -1.00. The highest BCUT2D eigenvalue weighted by Crippen LogP contribution is 2.24. The predicted molar refractivity (Wildman–Crippen MR) is 76.0 cm³/mol. The van der Waals surface area contributed by atoms with Crippen LogP contribution in [0.2, 0.25) is 0 Å². The third kappa shape index (κ3) is 2.79. The molecule has 22 heavy (non-hydrogen) atoms. The van der Waals surface area contributed by atoms with Crippen LogP contribution in [0.1, 0.15) is 15.9 Å². The first-order valence-electron chi connectivity index (χ1n) is 6.56. The fourth-order valence-corrected chi connectivity index (χ4v) is 2.14. The monoisotopic (exact) mass is 302 g/mol. The fraction of sp³-hybridized carbons (Fsp3) is 0.0667. The molecule has 0 radical (unpaired) electrons. The van der Waals surface area contributed by atoms with Crippen LogP contribution in [0.3, 0.4) is 0 Å². The van der Waals surface area contributed by atoms with E-state index < -0.39 is 5.95 Å². The number of amides is 1. The summed E-state index contributed by atoms with van der Waals surface area (Å²) in [5, 5.41) is 2.95. The maximum Gasteiger partial charge on any atom is 0.255 e. The number of benzene rings is 1. The second-order valence-electron chi connectivity index (χ2n) is 4.63. The van der Waals surface area contributed by atoms with Crippen LogP contribution in [0.15, 0.2) is 54.4 Å². The second kappa shape index (κ2) is 5.90. The van der Waals surface area contributed by atoms with Gasteiger partial charge in [0.1, 0.15) is 5.70 Å². The molecule has 0 bridgehead atoms. The van der Waals surface area contributed by atoms with Gasteiger partial charge in [-0.1, -0.05) is 22.7 Å². The number of hydrogen-bond donors (Lipinski definition) is 2. The van der Waals surface area contributed by atoms with Gasteiger partial charge in [0.25, 0.3) is 5.91 Å². The Balaban J connectivity index is 1.89. The zero-order chi connectivity index (χ0) is 15.5. The Morgan fingerprint density at radius 1 is 1.23 bits per heavy atom. The molecular formula is C15H12F2N4O. The molecule has 7 heteroatoms. The number of aromatic nitrogens is 1. The van der Waals surface area contributed by atoms with Crippen LogP contribution in [0.5, 0.6) is 0 Å². The van der Waals surface area contributed by atoms with E-state index >= 15 is 0 Å². The number of hydrazine groups is 1. The van der Waals surface area contributed by atoms with Gasteiger partial charge >= 0.3 is 0 Å². The molecule has 112 valence electrons. The molecule has 0 spiro atoms. The number of carbonyl (C=O) groups is 1. The number of hydrogen-bond acceptors (Lipinski definition) is 4. The molecule has 1 aliphatic heterocycles. The van der Waals surface area contributed by atoms with Gasteiger partial charge in [-0.15, -0.1) is 5.23 Å². The van der Waals surface area contributed by atoms with Crippen molar-refractivity contribution in [2.45, 2.75) is 0 Å². The summed E-state index contributed by atoms with van der Waals surface area (Å²) in [6, 6.07) is 11.1. The number of nitrogens with zero attached hydrogens (tertiary/aromatic N) is 2. The average molecular weight is 302 g/mol. The maximum absolute atomic E-state index is 13.9. The quantitative estimate of drug-likeness (QED) is 0.673. The molecule has 0 fully saturated rings. The second-order valence-corrected chi connectivity index (χ2v) is 4.63. The standard InChI is InChI=1S/C15H12F2N4O/c16-13-7-6-11(8-18-13)14-12(9-19-21(14)17)20-15(22)10-4-2-1-3-5-10/h1-8,19H,9H2,(H,20,22). The van der Waals surface area contributed by atoms with Crippen molar-refractivity contribution in [3.05, 3.63) is 71.4 Å². The van der Waals surface area contributed by atoms with Crippen LogP contribution in [-0.2, 0) is 0 Å². The highest BCUT2D eigenvalue weighted by Gasteiger charge is 2.25. The van der Waals surface area contributed by atoms with Gasteiger partial charge in [0, 0.05) is 17.3 Å². The van der Waals surface area contributed by atoms with Crippen LogP contribution in [-0.4, -0.2) is 22.7 Å². The van der Waals surface area contributed by atoms with Gasteiger partial charge < -0.3 is 5.32 Å². The minimum atomic E-state index is -0.657. The first kappa shape index (κ1) is 14.2. The van der Waals surface area contributed by atoms with E-state index in [-0.39, 0.29) is 23.4 Å². The van der Waals surface area contributed by atoms with Crippen molar-refractivity contribution < 1.29 is 13.7 Å². The minimum absolute atomic E-state index is 0.108. The Kier molecular flexibility index (Phi) is 3.80. The first-order valence-corrected chi connectivity index (χ1v) is 6.56. The molecular weight excluding hydrogens is 290 g/mol. The van der Waals surface area contributed by atoms with E-state index in [4.69, 9.17) is 0 Å². The molecule has 0 unspecified atom stereocenters. The molecule has 0 atom stereocenters. The summed E-state index contributed by atoms with van der Waals surface area (Å²) >= 11 is 0. The third-order valence-electron chi connectivity index (χ3n) is 3.18. The van der Waals surface area contributed by atoms with Gasteiger partial charge in [0.15, 0.2) is 0 Å². The topological polar surface area (TPSA) is 57.3 Å².